The van der Waals surface area contributed by atoms with Crippen LogP contribution in [0, 0.1) is 23.7 Å². The zero-order chi connectivity index (χ0) is 24.8. The van der Waals surface area contributed by atoms with E-state index in [1.54, 1.807) is 0 Å². The zero-order valence-corrected chi connectivity index (χ0v) is 22.2. The van der Waals surface area contributed by atoms with Gasteiger partial charge >= 0.3 is 6.16 Å². The van der Waals surface area contributed by atoms with Gasteiger partial charge in [-0.05, 0) is 110 Å². The van der Waals surface area contributed by atoms with E-state index in [0.29, 0.717) is 17.6 Å². The molecule has 2 aromatic rings. The fraction of sp³-hybridized carbons (Fsp3) is 0.594. The van der Waals surface area contributed by atoms with Crippen molar-refractivity contribution in [1.29, 1.82) is 0 Å². The van der Waals surface area contributed by atoms with Gasteiger partial charge in [0.15, 0.2) is 0 Å². The molecule has 0 amide bonds. The molecule has 0 heterocycles. The third kappa shape index (κ3) is 4.63. The van der Waals surface area contributed by atoms with Crippen LogP contribution in [0.5, 0.6) is 5.75 Å². The van der Waals surface area contributed by atoms with Crippen molar-refractivity contribution in [3.63, 3.8) is 0 Å². The fourth-order valence-corrected chi connectivity index (χ4v) is 7.91. The summed E-state index contributed by atoms with van der Waals surface area (Å²) < 4.78 is 11.8. The van der Waals surface area contributed by atoms with Crippen molar-refractivity contribution in [3.8, 4) is 5.75 Å². The first-order valence-corrected chi connectivity index (χ1v) is 13.7. The van der Waals surface area contributed by atoms with Gasteiger partial charge < -0.3 is 9.47 Å². The summed E-state index contributed by atoms with van der Waals surface area (Å²) in [7, 11) is 0. The first-order valence-electron chi connectivity index (χ1n) is 13.7. The molecule has 0 aromatic heterocycles. The highest BCUT2D eigenvalue weighted by Gasteiger charge is 2.57. The molecule has 1 atom stereocenters. The molecule has 0 spiro atoms. The summed E-state index contributed by atoms with van der Waals surface area (Å²) in [5.74, 6) is 3.23. The lowest BCUT2D eigenvalue weighted by Gasteiger charge is -2.58. The van der Waals surface area contributed by atoms with Crippen LogP contribution in [0.4, 0.5) is 4.79 Å². The highest BCUT2D eigenvalue weighted by atomic mass is 16.7. The Kier molecular flexibility index (Phi) is 6.26. The van der Waals surface area contributed by atoms with Gasteiger partial charge in [0.05, 0.1) is 0 Å². The van der Waals surface area contributed by atoms with Crippen molar-refractivity contribution in [1.82, 2.24) is 0 Å². The van der Waals surface area contributed by atoms with E-state index in [9.17, 15) is 4.79 Å². The summed E-state index contributed by atoms with van der Waals surface area (Å²) in [4.78, 5) is 12.8. The standard InChI is InChI=1S/C32H42O3/c1-6-31(4,25-10-8-7-9-11-25)21-30(2,3)24-12-14-28(15-13-24)34-29(33)35-32(5)26-17-22-16-23(19-26)20-27(32)18-22/h7-15,22-23,26-27H,6,16-21H2,1-5H3. The third-order valence-corrected chi connectivity index (χ3v) is 9.98. The Morgan fingerprint density at radius 1 is 0.857 bits per heavy atom. The Morgan fingerprint density at radius 3 is 1.97 bits per heavy atom. The second-order valence-corrected chi connectivity index (χ2v) is 12.8. The van der Waals surface area contributed by atoms with Crippen molar-refractivity contribution < 1.29 is 14.3 Å². The average molecular weight is 475 g/mol. The van der Waals surface area contributed by atoms with Gasteiger partial charge in [0.1, 0.15) is 11.4 Å². The predicted molar refractivity (Wildman–Crippen MR) is 141 cm³/mol. The summed E-state index contributed by atoms with van der Waals surface area (Å²) in [5.41, 5.74) is 2.35. The van der Waals surface area contributed by atoms with Crippen LogP contribution in [0.1, 0.15) is 90.7 Å². The molecule has 4 aliphatic carbocycles. The molecule has 4 fully saturated rings. The lowest BCUT2D eigenvalue weighted by atomic mass is 9.50. The Bertz CT molecular complexity index is 1010. The van der Waals surface area contributed by atoms with Crippen molar-refractivity contribution in [2.24, 2.45) is 23.7 Å². The quantitative estimate of drug-likeness (QED) is 0.298. The number of rotatable bonds is 7. The predicted octanol–water partition coefficient (Wildman–Crippen LogP) is 8.45. The van der Waals surface area contributed by atoms with E-state index in [2.05, 4.69) is 77.1 Å². The van der Waals surface area contributed by atoms with E-state index in [0.717, 1.165) is 24.7 Å². The van der Waals surface area contributed by atoms with Gasteiger partial charge in [-0.25, -0.2) is 4.79 Å². The van der Waals surface area contributed by atoms with Gasteiger partial charge in [0.2, 0.25) is 0 Å². The van der Waals surface area contributed by atoms with Crippen molar-refractivity contribution in [2.45, 2.75) is 96.0 Å². The number of ether oxygens (including phenoxy) is 2. The molecule has 6 rings (SSSR count). The van der Waals surface area contributed by atoms with Gasteiger partial charge in [0.25, 0.3) is 0 Å². The minimum absolute atomic E-state index is 0.0203. The second-order valence-electron chi connectivity index (χ2n) is 12.8. The molecule has 188 valence electrons. The summed E-state index contributed by atoms with van der Waals surface area (Å²) in [6.45, 7) is 11.4. The molecular formula is C32H42O3. The lowest BCUT2D eigenvalue weighted by Crippen LogP contribution is -2.58. The maximum absolute atomic E-state index is 12.8. The summed E-state index contributed by atoms with van der Waals surface area (Å²) in [5, 5.41) is 0. The number of benzene rings is 2. The number of carbonyl (C=O) groups excluding carboxylic acids is 1. The molecule has 35 heavy (non-hydrogen) atoms. The minimum Gasteiger partial charge on any atom is -0.427 e. The third-order valence-electron chi connectivity index (χ3n) is 9.98. The van der Waals surface area contributed by atoms with Crippen molar-refractivity contribution in [3.05, 3.63) is 65.7 Å². The Hall–Kier alpha value is -2.29. The van der Waals surface area contributed by atoms with Gasteiger partial charge in [0, 0.05) is 0 Å². The average Bonchev–Trinajstić information content (AvgIpc) is 2.83. The zero-order valence-electron chi connectivity index (χ0n) is 22.2. The van der Waals surface area contributed by atoms with E-state index in [1.165, 1.54) is 43.2 Å². The van der Waals surface area contributed by atoms with Crippen LogP contribution in [-0.4, -0.2) is 11.8 Å². The van der Waals surface area contributed by atoms with Gasteiger partial charge in [-0.15, -0.1) is 0 Å². The van der Waals surface area contributed by atoms with Crippen molar-refractivity contribution >= 4 is 6.16 Å². The lowest BCUT2D eigenvalue weighted by molar-refractivity contribution is -0.169. The molecule has 2 aromatic carbocycles. The van der Waals surface area contributed by atoms with Crippen LogP contribution in [-0.2, 0) is 15.6 Å². The molecule has 3 heteroatoms. The smallest absolute Gasteiger partial charge is 0.427 e. The van der Waals surface area contributed by atoms with Crippen LogP contribution < -0.4 is 4.74 Å². The second kappa shape index (κ2) is 8.98. The normalized spacial score (nSPS) is 31.1. The van der Waals surface area contributed by atoms with Crippen LogP contribution >= 0.6 is 0 Å². The molecule has 0 saturated heterocycles. The Morgan fingerprint density at radius 2 is 1.43 bits per heavy atom. The minimum atomic E-state index is -0.547. The molecule has 0 aliphatic heterocycles. The first-order chi connectivity index (χ1) is 16.6. The van der Waals surface area contributed by atoms with Crippen LogP contribution in [0.2, 0.25) is 0 Å². The highest BCUT2D eigenvalue weighted by molar-refractivity contribution is 5.64. The molecule has 4 aliphatic rings. The molecular weight excluding hydrogens is 432 g/mol. The van der Waals surface area contributed by atoms with Crippen LogP contribution in [0.25, 0.3) is 0 Å². The Balaban J connectivity index is 1.23. The molecule has 3 nitrogen and oxygen atoms in total. The SMILES string of the molecule is CCC(C)(CC(C)(C)c1ccc(OC(=O)OC2(C)C3CC4CC(C3)CC2C4)cc1)c1ccccc1. The first kappa shape index (κ1) is 24.4. The molecule has 0 radical (unpaired) electrons. The van der Waals surface area contributed by atoms with E-state index >= 15 is 0 Å². The van der Waals surface area contributed by atoms with Crippen molar-refractivity contribution in [2.75, 3.05) is 0 Å². The summed E-state index contributed by atoms with van der Waals surface area (Å²) >= 11 is 0. The van der Waals surface area contributed by atoms with Crippen LogP contribution in [0.3, 0.4) is 0 Å². The largest absolute Gasteiger partial charge is 0.514 e. The molecule has 4 bridgehead atoms. The number of hydrogen-bond acceptors (Lipinski definition) is 3. The summed E-state index contributed by atoms with van der Waals surface area (Å²) in [6.07, 6.45) is 7.79. The van der Waals surface area contributed by atoms with Crippen LogP contribution in [0.15, 0.2) is 54.6 Å². The maximum Gasteiger partial charge on any atom is 0.514 e. The monoisotopic (exact) mass is 474 g/mol. The Labute approximate surface area is 211 Å². The highest BCUT2D eigenvalue weighted by Crippen LogP contribution is 2.59. The maximum atomic E-state index is 12.8. The van der Waals surface area contributed by atoms with E-state index in [-0.39, 0.29) is 16.4 Å². The fourth-order valence-electron chi connectivity index (χ4n) is 7.91. The van der Waals surface area contributed by atoms with E-state index in [1.807, 2.05) is 12.1 Å². The molecule has 1 unspecified atom stereocenters. The van der Waals surface area contributed by atoms with E-state index in [4.69, 9.17) is 9.47 Å². The topological polar surface area (TPSA) is 35.5 Å². The number of hydrogen-bond donors (Lipinski definition) is 0. The molecule has 4 saturated carbocycles. The van der Waals surface area contributed by atoms with Gasteiger partial charge in [-0.3, -0.25) is 0 Å². The van der Waals surface area contributed by atoms with Gasteiger partial charge in [-0.1, -0.05) is 70.2 Å². The van der Waals surface area contributed by atoms with E-state index < -0.39 is 6.16 Å². The summed E-state index contributed by atoms with van der Waals surface area (Å²) in [6, 6.07) is 18.9. The molecule has 0 N–H and O–H groups in total. The van der Waals surface area contributed by atoms with Gasteiger partial charge in [-0.2, -0.15) is 0 Å². The number of carbonyl (C=O) groups is 1.